The Bertz CT molecular complexity index is 1310. The number of nitrogens with one attached hydrogen (secondary N) is 3. The Morgan fingerprint density at radius 1 is 0.824 bits per heavy atom. The monoisotopic (exact) mass is 449 g/mol. The highest BCUT2D eigenvalue weighted by Gasteiger charge is 2.22. The molecule has 0 fully saturated rings. The minimum absolute atomic E-state index is 0.296. The average Bonchev–Trinajstić information content (AvgIpc) is 2.99. The van der Waals surface area contributed by atoms with Crippen LogP contribution in [0.5, 0.6) is 11.5 Å². The molecule has 1 aliphatic rings. The number of rotatable bonds is 4. The number of urea groups is 1. The molecule has 0 spiro atoms. The number of anilines is 2. The van der Waals surface area contributed by atoms with Gasteiger partial charge in [-0.1, -0.05) is 66.7 Å². The summed E-state index contributed by atoms with van der Waals surface area (Å²) in [6.07, 6.45) is 0. The molecule has 3 N–H and O–H groups in total. The van der Waals surface area contributed by atoms with Gasteiger partial charge in [0.25, 0.3) is 5.91 Å². The van der Waals surface area contributed by atoms with Crippen molar-refractivity contribution in [1.29, 1.82) is 0 Å². The van der Waals surface area contributed by atoms with Gasteiger partial charge in [0.2, 0.25) is 0 Å². The van der Waals surface area contributed by atoms with E-state index in [2.05, 4.69) is 16.0 Å². The fourth-order valence-electron chi connectivity index (χ4n) is 3.96. The maximum Gasteiger partial charge on any atom is 0.319 e. The predicted octanol–water partition coefficient (Wildman–Crippen LogP) is 6.26. The van der Waals surface area contributed by atoms with Crippen molar-refractivity contribution in [3.63, 3.8) is 0 Å². The zero-order chi connectivity index (χ0) is 23.5. The van der Waals surface area contributed by atoms with E-state index in [0.717, 1.165) is 16.7 Å². The van der Waals surface area contributed by atoms with Gasteiger partial charge in [0.15, 0.2) is 5.75 Å². The van der Waals surface area contributed by atoms with Crippen LogP contribution in [0.25, 0.3) is 0 Å². The van der Waals surface area contributed by atoms with Gasteiger partial charge in [-0.3, -0.25) is 4.79 Å². The molecule has 0 saturated carbocycles. The number of carbonyl (C=O) groups excluding carboxylic acids is 2. The van der Waals surface area contributed by atoms with E-state index in [1.165, 1.54) is 0 Å². The number of hydrogen-bond acceptors (Lipinski definition) is 3. The lowest BCUT2D eigenvalue weighted by molar-refractivity contribution is 0.102. The largest absolute Gasteiger partial charge is 0.454 e. The molecule has 3 amide bonds. The number of benzene rings is 4. The summed E-state index contributed by atoms with van der Waals surface area (Å²) in [7, 11) is 0. The van der Waals surface area contributed by atoms with Crippen LogP contribution < -0.4 is 20.7 Å². The SMILES string of the molecule is Cc1ccc2c(c1)NC(=O)c1cc(NC(=O)NC(c3ccccc3)c3ccccc3)ccc1O2. The number of fused-ring (bicyclic) bond motifs is 2. The summed E-state index contributed by atoms with van der Waals surface area (Å²) >= 11 is 0. The van der Waals surface area contributed by atoms with Crippen molar-refractivity contribution in [2.45, 2.75) is 13.0 Å². The Balaban J connectivity index is 1.37. The molecule has 34 heavy (non-hydrogen) atoms. The molecule has 1 heterocycles. The van der Waals surface area contributed by atoms with Gasteiger partial charge in [0.05, 0.1) is 17.3 Å². The Morgan fingerprint density at radius 3 is 2.15 bits per heavy atom. The first-order chi connectivity index (χ1) is 16.6. The lowest BCUT2D eigenvalue weighted by Crippen LogP contribution is -2.33. The van der Waals surface area contributed by atoms with Gasteiger partial charge in [-0.25, -0.2) is 4.79 Å². The van der Waals surface area contributed by atoms with Gasteiger partial charge >= 0.3 is 6.03 Å². The first-order valence-electron chi connectivity index (χ1n) is 11.0. The third-order valence-corrected chi connectivity index (χ3v) is 5.63. The fourth-order valence-corrected chi connectivity index (χ4v) is 3.96. The van der Waals surface area contributed by atoms with Gasteiger partial charge in [-0.15, -0.1) is 0 Å². The van der Waals surface area contributed by atoms with E-state index < -0.39 is 0 Å². The topological polar surface area (TPSA) is 79.5 Å². The standard InChI is InChI=1S/C28H23N3O3/c1-18-12-14-25-23(16-18)30-27(32)22-17-21(13-15-24(22)34-25)29-28(33)31-26(19-8-4-2-5-9-19)20-10-6-3-7-11-20/h2-17,26H,1H3,(H,30,32)(H2,29,31,33). The summed E-state index contributed by atoms with van der Waals surface area (Å²) in [4.78, 5) is 25.8. The second kappa shape index (κ2) is 9.11. The number of amides is 3. The second-order valence-corrected chi connectivity index (χ2v) is 8.12. The van der Waals surface area contributed by atoms with E-state index in [4.69, 9.17) is 4.74 Å². The molecular weight excluding hydrogens is 426 g/mol. The first kappa shape index (κ1) is 21.3. The normalized spacial score (nSPS) is 12.0. The third kappa shape index (κ3) is 4.47. The molecule has 6 heteroatoms. The van der Waals surface area contributed by atoms with Crippen LogP contribution in [0.4, 0.5) is 16.2 Å². The van der Waals surface area contributed by atoms with E-state index in [9.17, 15) is 9.59 Å². The molecule has 4 aromatic carbocycles. The maximum absolute atomic E-state index is 12.9. The van der Waals surface area contributed by atoms with E-state index in [1.807, 2.05) is 85.8 Å². The molecule has 0 saturated heterocycles. The van der Waals surface area contributed by atoms with E-state index in [1.54, 1.807) is 18.2 Å². The van der Waals surface area contributed by atoms with E-state index in [-0.39, 0.29) is 18.0 Å². The zero-order valence-electron chi connectivity index (χ0n) is 18.5. The highest BCUT2D eigenvalue weighted by atomic mass is 16.5. The van der Waals surface area contributed by atoms with Gasteiger partial charge in [-0.2, -0.15) is 0 Å². The molecule has 0 aromatic heterocycles. The number of aryl methyl sites for hydroxylation is 1. The molecule has 0 bridgehead atoms. The van der Waals surface area contributed by atoms with Gasteiger partial charge in [0, 0.05) is 5.69 Å². The van der Waals surface area contributed by atoms with Crippen molar-refractivity contribution < 1.29 is 14.3 Å². The van der Waals surface area contributed by atoms with Crippen molar-refractivity contribution >= 4 is 23.3 Å². The summed E-state index contributed by atoms with van der Waals surface area (Å²) < 4.78 is 5.96. The first-order valence-corrected chi connectivity index (χ1v) is 11.0. The summed E-state index contributed by atoms with van der Waals surface area (Å²) in [5, 5.41) is 8.77. The van der Waals surface area contributed by atoms with Crippen LogP contribution in [-0.4, -0.2) is 11.9 Å². The molecule has 6 nitrogen and oxygen atoms in total. The third-order valence-electron chi connectivity index (χ3n) is 5.63. The van der Waals surface area contributed by atoms with E-state index >= 15 is 0 Å². The van der Waals surface area contributed by atoms with E-state index in [0.29, 0.717) is 28.4 Å². The van der Waals surface area contributed by atoms with Crippen molar-refractivity contribution in [2.24, 2.45) is 0 Å². The predicted molar refractivity (Wildman–Crippen MR) is 133 cm³/mol. The molecule has 1 aliphatic heterocycles. The number of ether oxygens (including phenoxy) is 1. The van der Waals surface area contributed by atoms with Crippen LogP contribution in [0, 0.1) is 6.92 Å². The number of carbonyl (C=O) groups is 2. The molecule has 4 aromatic rings. The summed E-state index contributed by atoms with van der Waals surface area (Å²) in [5.41, 5.74) is 4.38. The quantitative estimate of drug-likeness (QED) is 0.344. The Hall–Kier alpha value is -4.58. The van der Waals surface area contributed by atoms with Gasteiger partial charge in [-0.05, 0) is 53.9 Å². The van der Waals surface area contributed by atoms with Crippen LogP contribution in [0.1, 0.15) is 33.1 Å². The van der Waals surface area contributed by atoms with Crippen molar-refractivity contribution in [3.05, 3.63) is 119 Å². The van der Waals surface area contributed by atoms with Crippen LogP contribution >= 0.6 is 0 Å². The van der Waals surface area contributed by atoms with Gasteiger partial charge in [0.1, 0.15) is 5.75 Å². The van der Waals surface area contributed by atoms with Gasteiger partial charge < -0.3 is 20.7 Å². The Morgan fingerprint density at radius 2 is 1.47 bits per heavy atom. The second-order valence-electron chi connectivity index (χ2n) is 8.12. The van der Waals surface area contributed by atoms with Crippen LogP contribution in [0.2, 0.25) is 0 Å². The summed E-state index contributed by atoms with van der Waals surface area (Å²) in [5.74, 6) is 0.706. The fraction of sp³-hybridized carbons (Fsp3) is 0.0714. The molecule has 5 rings (SSSR count). The average molecular weight is 450 g/mol. The minimum atomic E-state index is -0.383. The molecule has 168 valence electrons. The Kier molecular flexibility index (Phi) is 5.70. The Labute approximate surface area is 197 Å². The van der Waals surface area contributed by atoms with Crippen molar-refractivity contribution in [2.75, 3.05) is 10.6 Å². The van der Waals surface area contributed by atoms with Crippen LogP contribution in [0.15, 0.2) is 97.1 Å². The van der Waals surface area contributed by atoms with Crippen LogP contribution in [0.3, 0.4) is 0 Å². The highest BCUT2D eigenvalue weighted by molar-refractivity contribution is 6.09. The molecule has 0 aliphatic carbocycles. The molecule has 0 atom stereocenters. The van der Waals surface area contributed by atoms with Crippen molar-refractivity contribution in [3.8, 4) is 11.5 Å². The summed E-state index contributed by atoms with van der Waals surface area (Å²) in [6, 6.07) is 29.4. The highest BCUT2D eigenvalue weighted by Crippen LogP contribution is 2.37. The summed E-state index contributed by atoms with van der Waals surface area (Å²) in [6.45, 7) is 1.95. The smallest absolute Gasteiger partial charge is 0.319 e. The molecule has 0 radical (unpaired) electrons. The lowest BCUT2D eigenvalue weighted by Gasteiger charge is -2.20. The maximum atomic E-state index is 12.9. The number of hydrogen-bond donors (Lipinski definition) is 3. The lowest BCUT2D eigenvalue weighted by atomic mass is 9.99. The molecule has 0 unspecified atom stereocenters. The van der Waals surface area contributed by atoms with Crippen molar-refractivity contribution in [1.82, 2.24) is 5.32 Å². The molecular formula is C28H23N3O3. The van der Waals surface area contributed by atoms with Crippen LogP contribution in [-0.2, 0) is 0 Å². The minimum Gasteiger partial charge on any atom is -0.454 e. The zero-order valence-corrected chi connectivity index (χ0v) is 18.5.